The fourth-order valence-corrected chi connectivity index (χ4v) is 2.77. The van der Waals surface area contributed by atoms with Gasteiger partial charge in [0.25, 0.3) is 0 Å². The lowest BCUT2D eigenvalue weighted by molar-refractivity contribution is 0.171. The van der Waals surface area contributed by atoms with Gasteiger partial charge in [-0.15, -0.1) is 0 Å². The monoisotopic (exact) mass is 312 g/mol. The van der Waals surface area contributed by atoms with Crippen LogP contribution >= 0.6 is 11.6 Å². The summed E-state index contributed by atoms with van der Waals surface area (Å²) in [4.78, 5) is 2.45. The number of nitrogens with zero attached hydrogens (tertiary/aromatic N) is 1. The Morgan fingerprint density at radius 1 is 1.19 bits per heavy atom. The van der Waals surface area contributed by atoms with Gasteiger partial charge in [0, 0.05) is 19.6 Å². The van der Waals surface area contributed by atoms with Crippen LogP contribution in [0.4, 0.5) is 0 Å². The molecule has 1 heterocycles. The van der Waals surface area contributed by atoms with Crippen LogP contribution in [-0.4, -0.2) is 44.3 Å². The summed E-state index contributed by atoms with van der Waals surface area (Å²) in [6, 6.07) is 3.96. The van der Waals surface area contributed by atoms with Gasteiger partial charge in [-0.2, -0.15) is 0 Å². The van der Waals surface area contributed by atoms with Crippen LogP contribution in [-0.2, 0) is 6.54 Å². The zero-order valence-electron chi connectivity index (χ0n) is 13.0. The minimum atomic E-state index is 0.564. The Hall–Kier alpha value is -0.970. The molecule has 0 aliphatic carbocycles. The van der Waals surface area contributed by atoms with E-state index in [1.165, 1.54) is 6.42 Å². The van der Waals surface area contributed by atoms with Crippen molar-refractivity contribution in [1.82, 2.24) is 10.2 Å². The standard InChI is InChI=1S/C16H25ClN2O2/c1-3-6-19(4-2)7-5-18-12-13-10-14(17)16-15(11-13)20-8-9-21-16/h10-11,18H,3-9,12H2,1-2H3. The number of hydrogen-bond donors (Lipinski definition) is 1. The predicted molar refractivity (Wildman–Crippen MR) is 86.6 cm³/mol. The summed E-state index contributed by atoms with van der Waals surface area (Å²) in [5.41, 5.74) is 1.13. The summed E-state index contributed by atoms with van der Waals surface area (Å²) in [6.45, 7) is 10.7. The highest BCUT2D eigenvalue weighted by molar-refractivity contribution is 6.32. The van der Waals surface area contributed by atoms with Crippen LogP contribution in [0.2, 0.25) is 5.02 Å². The molecule has 0 fully saturated rings. The molecule has 1 aliphatic heterocycles. The Bertz CT molecular complexity index is 454. The van der Waals surface area contributed by atoms with Gasteiger partial charge in [-0.25, -0.2) is 0 Å². The number of likely N-dealkylation sites (N-methyl/N-ethyl adjacent to an activating group) is 1. The van der Waals surface area contributed by atoms with Crippen molar-refractivity contribution >= 4 is 11.6 Å². The molecule has 0 atom stereocenters. The smallest absolute Gasteiger partial charge is 0.179 e. The summed E-state index contributed by atoms with van der Waals surface area (Å²) in [5, 5.41) is 4.09. The first-order valence-electron chi connectivity index (χ1n) is 7.75. The van der Waals surface area contributed by atoms with Crippen molar-refractivity contribution in [2.75, 3.05) is 39.4 Å². The second-order valence-electron chi connectivity index (χ2n) is 5.21. The number of hydrogen-bond acceptors (Lipinski definition) is 4. The van der Waals surface area contributed by atoms with Gasteiger partial charge in [0.2, 0.25) is 0 Å². The van der Waals surface area contributed by atoms with Crippen LogP contribution in [0.15, 0.2) is 12.1 Å². The minimum Gasteiger partial charge on any atom is -0.486 e. The van der Waals surface area contributed by atoms with E-state index in [-0.39, 0.29) is 0 Å². The maximum absolute atomic E-state index is 6.23. The number of ether oxygens (including phenoxy) is 2. The fraction of sp³-hybridized carbons (Fsp3) is 0.625. The number of rotatable bonds is 8. The van der Waals surface area contributed by atoms with Crippen molar-refractivity contribution < 1.29 is 9.47 Å². The average Bonchev–Trinajstić information content (AvgIpc) is 2.50. The van der Waals surface area contributed by atoms with E-state index < -0.39 is 0 Å². The van der Waals surface area contributed by atoms with Gasteiger partial charge in [-0.3, -0.25) is 0 Å². The van der Waals surface area contributed by atoms with E-state index in [4.69, 9.17) is 21.1 Å². The summed E-state index contributed by atoms with van der Waals surface area (Å²) >= 11 is 6.23. The van der Waals surface area contributed by atoms with Crippen molar-refractivity contribution in [2.24, 2.45) is 0 Å². The van der Waals surface area contributed by atoms with Crippen molar-refractivity contribution in [3.8, 4) is 11.5 Å². The van der Waals surface area contributed by atoms with Gasteiger partial charge in [-0.1, -0.05) is 25.4 Å². The molecule has 0 amide bonds. The van der Waals surface area contributed by atoms with E-state index >= 15 is 0 Å². The molecule has 1 N–H and O–H groups in total. The van der Waals surface area contributed by atoms with E-state index in [0.717, 1.165) is 44.0 Å². The Labute approximate surface area is 132 Å². The molecule has 1 aliphatic rings. The molecule has 21 heavy (non-hydrogen) atoms. The fourth-order valence-electron chi connectivity index (χ4n) is 2.48. The summed E-state index contributed by atoms with van der Waals surface area (Å²) < 4.78 is 11.1. The zero-order chi connectivity index (χ0) is 15.1. The average molecular weight is 313 g/mol. The van der Waals surface area contributed by atoms with E-state index in [0.29, 0.717) is 24.0 Å². The third kappa shape index (κ3) is 4.77. The largest absolute Gasteiger partial charge is 0.486 e. The molecule has 1 aromatic carbocycles. The van der Waals surface area contributed by atoms with Crippen molar-refractivity contribution in [1.29, 1.82) is 0 Å². The molecule has 0 bridgehead atoms. The molecule has 118 valence electrons. The zero-order valence-corrected chi connectivity index (χ0v) is 13.7. The second-order valence-corrected chi connectivity index (χ2v) is 5.62. The molecule has 0 saturated carbocycles. The molecule has 0 unspecified atom stereocenters. The Kier molecular flexibility index (Phi) is 6.61. The minimum absolute atomic E-state index is 0.564. The second kappa shape index (κ2) is 8.47. The van der Waals surface area contributed by atoms with Gasteiger partial charge in [0.1, 0.15) is 13.2 Å². The third-order valence-corrected chi connectivity index (χ3v) is 3.86. The summed E-state index contributed by atoms with van der Waals surface area (Å²) in [5.74, 6) is 1.43. The van der Waals surface area contributed by atoms with Gasteiger partial charge in [0.15, 0.2) is 11.5 Å². The number of fused-ring (bicyclic) bond motifs is 1. The van der Waals surface area contributed by atoms with Crippen LogP contribution < -0.4 is 14.8 Å². The molecule has 0 radical (unpaired) electrons. The predicted octanol–water partition coefficient (Wildman–Crippen LogP) is 2.93. The quantitative estimate of drug-likeness (QED) is 0.748. The lowest BCUT2D eigenvalue weighted by Crippen LogP contribution is -2.32. The van der Waals surface area contributed by atoms with Gasteiger partial charge in [-0.05, 0) is 37.2 Å². The molecule has 4 nitrogen and oxygen atoms in total. The molecule has 2 rings (SSSR count). The van der Waals surface area contributed by atoms with E-state index in [2.05, 4.69) is 24.1 Å². The summed E-state index contributed by atoms with van der Waals surface area (Å²) in [6.07, 6.45) is 1.20. The Morgan fingerprint density at radius 2 is 2.00 bits per heavy atom. The van der Waals surface area contributed by atoms with Crippen LogP contribution in [0.5, 0.6) is 11.5 Å². The molecular formula is C16H25ClN2O2. The lowest BCUT2D eigenvalue weighted by atomic mass is 10.2. The Morgan fingerprint density at radius 3 is 2.76 bits per heavy atom. The van der Waals surface area contributed by atoms with Crippen molar-refractivity contribution in [3.63, 3.8) is 0 Å². The highest BCUT2D eigenvalue weighted by Crippen LogP contribution is 2.38. The first kappa shape index (κ1) is 16.4. The maximum Gasteiger partial charge on any atom is 0.179 e. The lowest BCUT2D eigenvalue weighted by Gasteiger charge is -2.21. The highest BCUT2D eigenvalue weighted by atomic mass is 35.5. The number of halogens is 1. The van der Waals surface area contributed by atoms with Crippen molar-refractivity contribution in [2.45, 2.75) is 26.8 Å². The number of benzene rings is 1. The topological polar surface area (TPSA) is 33.7 Å². The van der Waals surface area contributed by atoms with Crippen molar-refractivity contribution in [3.05, 3.63) is 22.7 Å². The van der Waals surface area contributed by atoms with Crippen LogP contribution in [0.25, 0.3) is 0 Å². The van der Waals surface area contributed by atoms with Crippen LogP contribution in [0.1, 0.15) is 25.8 Å². The summed E-state index contributed by atoms with van der Waals surface area (Å²) in [7, 11) is 0. The highest BCUT2D eigenvalue weighted by Gasteiger charge is 2.16. The first-order chi connectivity index (χ1) is 10.2. The third-order valence-electron chi connectivity index (χ3n) is 3.58. The van der Waals surface area contributed by atoms with E-state index in [1.807, 2.05) is 12.1 Å². The van der Waals surface area contributed by atoms with E-state index in [1.54, 1.807) is 0 Å². The van der Waals surface area contributed by atoms with Crippen LogP contribution in [0.3, 0.4) is 0 Å². The first-order valence-corrected chi connectivity index (χ1v) is 8.13. The Balaban J connectivity index is 1.82. The normalized spacial score (nSPS) is 13.7. The SMILES string of the molecule is CCCN(CC)CCNCc1cc(Cl)c2c(c1)OCCO2. The van der Waals surface area contributed by atoms with Crippen LogP contribution in [0, 0.1) is 0 Å². The maximum atomic E-state index is 6.23. The molecule has 1 aromatic rings. The van der Waals surface area contributed by atoms with Gasteiger partial charge < -0.3 is 19.7 Å². The molecule has 5 heteroatoms. The van der Waals surface area contributed by atoms with Gasteiger partial charge in [0.05, 0.1) is 5.02 Å². The molecular weight excluding hydrogens is 288 g/mol. The molecule has 0 spiro atoms. The molecule has 0 saturated heterocycles. The number of nitrogens with one attached hydrogen (secondary N) is 1. The molecule has 0 aromatic heterocycles. The van der Waals surface area contributed by atoms with Gasteiger partial charge >= 0.3 is 0 Å². The van der Waals surface area contributed by atoms with E-state index in [9.17, 15) is 0 Å².